The summed E-state index contributed by atoms with van der Waals surface area (Å²) in [6, 6.07) is 1.71. The molecule has 0 radical (unpaired) electrons. The summed E-state index contributed by atoms with van der Waals surface area (Å²) in [5, 5.41) is 10.5. The number of methoxy groups -OCH3 is 1. The lowest BCUT2D eigenvalue weighted by atomic mass is 9.48. The summed E-state index contributed by atoms with van der Waals surface area (Å²) in [6.07, 6.45) is 0.935. The van der Waals surface area contributed by atoms with E-state index in [9.17, 15) is 19.2 Å². The average molecular weight is 514 g/mol. The van der Waals surface area contributed by atoms with Crippen molar-refractivity contribution >= 4 is 35.5 Å². The summed E-state index contributed by atoms with van der Waals surface area (Å²) in [4.78, 5) is 52.2. The number of nitriles is 1. The molecule has 4 rings (SSSR count). The molecule has 0 bridgehead atoms. The van der Waals surface area contributed by atoms with Gasteiger partial charge in [0.1, 0.15) is 17.3 Å². The lowest BCUT2D eigenvalue weighted by Crippen LogP contribution is -2.61. The van der Waals surface area contributed by atoms with E-state index in [0.717, 1.165) is 0 Å². The van der Waals surface area contributed by atoms with Crippen molar-refractivity contribution in [1.29, 1.82) is 5.26 Å². The molecule has 0 aromatic carbocycles. The average Bonchev–Trinajstić information content (AvgIpc) is 3.32. The van der Waals surface area contributed by atoms with Crippen molar-refractivity contribution in [3.63, 3.8) is 0 Å². The number of carbonyl (C=O) groups excluding carboxylic acids is 4. The van der Waals surface area contributed by atoms with Gasteiger partial charge in [0.25, 0.3) is 0 Å². The van der Waals surface area contributed by atoms with E-state index in [2.05, 4.69) is 11.8 Å². The molecule has 1 aromatic rings. The van der Waals surface area contributed by atoms with Crippen molar-refractivity contribution in [2.45, 2.75) is 51.7 Å². The highest BCUT2D eigenvalue weighted by Gasteiger charge is 2.63. The van der Waals surface area contributed by atoms with Crippen LogP contribution in [0.4, 0.5) is 0 Å². The van der Waals surface area contributed by atoms with Crippen LogP contribution in [0.1, 0.15) is 57.0 Å². The molecular weight excluding hydrogens is 486 g/mol. The molecule has 36 heavy (non-hydrogen) atoms. The Bertz CT molecular complexity index is 1170. The van der Waals surface area contributed by atoms with Crippen LogP contribution in [0.2, 0.25) is 0 Å². The standard InChI is InChI=1S/C26H27NO8S/c1-4-5-18-15(7-9-33-18)19-10-16-14(24(30)35-19)6-8-26(2)17(25(31)32-3)11-20(23(29)22(16)26)34-21(28)12-36-13-27/h7,9,14,16-17,19-20,22H,6,8,10-12H2,1-3H3. The van der Waals surface area contributed by atoms with Crippen molar-refractivity contribution in [3.05, 3.63) is 23.7 Å². The largest absolute Gasteiger partial charge is 0.469 e. The van der Waals surface area contributed by atoms with E-state index >= 15 is 0 Å². The van der Waals surface area contributed by atoms with Crippen LogP contribution < -0.4 is 0 Å². The lowest BCUT2D eigenvalue weighted by Gasteiger charge is -2.56. The maximum atomic E-state index is 13.9. The zero-order valence-corrected chi connectivity index (χ0v) is 21.1. The topological polar surface area (TPSA) is 133 Å². The smallest absolute Gasteiger partial charge is 0.317 e. The number of nitrogens with zero attached hydrogens (tertiary/aromatic N) is 1. The van der Waals surface area contributed by atoms with E-state index in [4.69, 9.17) is 23.9 Å². The highest BCUT2D eigenvalue weighted by atomic mass is 32.2. The molecule has 3 fully saturated rings. The van der Waals surface area contributed by atoms with E-state index in [1.165, 1.54) is 13.4 Å². The third-order valence-corrected chi connectivity index (χ3v) is 8.37. The van der Waals surface area contributed by atoms with E-state index in [-0.39, 0.29) is 18.0 Å². The molecular formula is C26H27NO8S. The Kier molecular flexibility index (Phi) is 7.46. The van der Waals surface area contributed by atoms with Crippen molar-refractivity contribution in [2.24, 2.45) is 29.1 Å². The molecule has 2 saturated carbocycles. The minimum Gasteiger partial charge on any atom is -0.469 e. The monoisotopic (exact) mass is 513 g/mol. The van der Waals surface area contributed by atoms with Gasteiger partial charge in [0.05, 0.1) is 25.2 Å². The van der Waals surface area contributed by atoms with Crippen LogP contribution in [0.5, 0.6) is 0 Å². The van der Waals surface area contributed by atoms with Gasteiger partial charge in [-0.2, -0.15) is 5.26 Å². The second-order valence-electron chi connectivity index (χ2n) is 9.61. The number of fused-ring (bicyclic) bond motifs is 3. The Hall–Kier alpha value is -3.24. The third kappa shape index (κ3) is 4.51. The molecule has 10 heteroatoms. The maximum absolute atomic E-state index is 13.9. The number of thioether (sulfide) groups is 1. The van der Waals surface area contributed by atoms with Crippen molar-refractivity contribution in [2.75, 3.05) is 12.9 Å². The molecule has 190 valence electrons. The number of esters is 3. The Morgan fingerprint density at radius 2 is 2.08 bits per heavy atom. The minimum absolute atomic E-state index is 0.00466. The highest BCUT2D eigenvalue weighted by Crippen LogP contribution is 2.59. The van der Waals surface area contributed by atoms with Gasteiger partial charge in [0, 0.05) is 17.9 Å². The number of ether oxygens (including phenoxy) is 3. The number of carbonyl (C=O) groups is 4. The van der Waals surface area contributed by atoms with Crippen LogP contribution in [0.25, 0.3) is 0 Å². The van der Waals surface area contributed by atoms with E-state index < -0.39 is 59.2 Å². The number of furan rings is 1. The fourth-order valence-electron chi connectivity index (χ4n) is 6.28. The lowest BCUT2D eigenvalue weighted by molar-refractivity contribution is -0.194. The van der Waals surface area contributed by atoms with Crippen LogP contribution in [0, 0.1) is 51.6 Å². The molecule has 0 amide bonds. The third-order valence-electron chi connectivity index (χ3n) is 7.86. The Morgan fingerprint density at radius 3 is 2.78 bits per heavy atom. The Morgan fingerprint density at radius 1 is 1.31 bits per heavy atom. The van der Waals surface area contributed by atoms with E-state index in [1.807, 2.05) is 6.92 Å². The summed E-state index contributed by atoms with van der Waals surface area (Å²) >= 11 is 0.709. The summed E-state index contributed by atoms with van der Waals surface area (Å²) in [5.74, 6) is 1.56. The fraction of sp³-hybridized carbons (Fsp3) is 0.577. The van der Waals surface area contributed by atoms with Crippen LogP contribution in [0.15, 0.2) is 16.7 Å². The first-order valence-electron chi connectivity index (χ1n) is 11.8. The first-order chi connectivity index (χ1) is 17.2. The highest BCUT2D eigenvalue weighted by molar-refractivity contribution is 8.04. The first-order valence-corrected chi connectivity index (χ1v) is 12.8. The fourth-order valence-corrected chi connectivity index (χ4v) is 6.53. The van der Waals surface area contributed by atoms with Gasteiger partial charge in [-0.15, -0.1) is 0 Å². The van der Waals surface area contributed by atoms with Crippen molar-refractivity contribution in [1.82, 2.24) is 0 Å². The van der Waals surface area contributed by atoms with Gasteiger partial charge in [-0.25, -0.2) is 0 Å². The van der Waals surface area contributed by atoms with Crippen molar-refractivity contribution < 1.29 is 37.8 Å². The molecule has 2 heterocycles. The summed E-state index contributed by atoms with van der Waals surface area (Å²) in [6.45, 7) is 3.56. The van der Waals surface area contributed by atoms with E-state index in [0.29, 0.717) is 42.3 Å². The molecule has 1 aliphatic heterocycles. The van der Waals surface area contributed by atoms with Gasteiger partial charge < -0.3 is 18.6 Å². The van der Waals surface area contributed by atoms with Gasteiger partial charge in [0.15, 0.2) is 17.6 Å². The van der Waals surface area contributed by atoms with Crippen LogP contribution in [-0.4, -0.2) is 42.7 Å². The molecule has 2 aliphatic carbocycles. The predicted octanol–water partition coefficient (Wildman–Crippen LogP) is 3.18. The molecule has 7 unspecified atom stereocenters. The van der Waals surface area contributed by atoms with Crippen LogP contribution in [-0.2, 0) is 33.4 Å². The molecule has 1 saturated heterocycles. The van der Waals surface area contributed by atoms with Gasteiger partial charge >= 0.3 is 17.9 Å². The zero-order chi connectivity index (χ0) is 26.0. The van der Waals surface area contributed by atoms with Crippen LogP contribution in [0.3, 0.4) is 0 Å². The van der Waals surface area contributed by atoms with Gasteiger partial charge in [-0.3, -0.25) is 19.2 Å². The number of rotatable bonds is 5. The summed E-state index contributed by atoms with van der Waals surface area (Å²) in [5.41, 5.74) is -0.145. The summed E-state index contributed by atoms with van der Waals surface area (Å²) in [7, 11) is 1.29. The maximum Gasteiger partial charge on any atom is 0.317 e. The van der Waals surface area contributed by atoms with E-state index in [1.54, 1.807) is 18.4 Å². The quantitative estimate of drug-likeness (QED) is 0.250. The second-order valence-corrected chi connectivity index (χ2v) is 10.4. The second kappa shape index (κ2) is 10.4. The number of Topliss-reactive ketones (excluding diaryl/α,β-unsaturated/α-hetero) is 1. The SMILES string of the molecule is CC#Cc1occc1C1CC2C(CCC3(C)C(C(=O)OC)CC(OC(=O)CSC#N)C(=O)C23)C(=O)O1. The molecule has 0 N–H and O–H groups in total. The van der Waals surface area contributed by atoms with Gasteiger partial charge in [-0.05, 0) is 61.3 Å². The molecule has 9 nitrogen and oxygen atoms in total. The molecule has 1 aromatic heterocycles. The van der Waals surface area contributed by atoms with Gasteiger partial charge in [0.2, 0.25) is 0 Å². The minimum atomic E-state index is -1.16. The number of ketones is 1. The number of cyclic esters (lactones) is 1. The first kappa shape index (κ1) is 25.8. The molecule has 3 aliphatic rings. The zero-order valence-electron chi connectivity index (χ0n) is 20.3. The summed E-state index contributed by atoms with van der Waals surface area (Å²) < 4.78 is 21.8. The Balaban J connectivity index is 1.70. The predicted molar refractivity (Wildman–Crippen MR) is 126 cm³/mol. The van der Waals surface area contributed by atoms with Crippen molar-refractivity contribution in [3.8, 4) is 17.2 Å². The number of hydrogen-bond acceptors (Lipinski definition) is 10. The van der Waals surface area contributed by atoms with Gasteiger partial charge in [-0.1, -0.05) is 12.8 Å². The normalized spacial score (nSPS) is 33.1. The van der Waals surface area contributed by atoms with Crippen LogP contribution >= 0.6 is 11.8 Å². The Labute approximate surface area is 213 Å². The number of hydrogen-bond donors (Lipinski definition) is 0. The molecule has 0 spiro atoms. The molecule has 7 atom stereocenters. The number of thiocyanates is 1.